The third-order valence-corrected chi connectivity index (χ3v) is 3.75. The molecule has 0 aromatic heterocycles. The minimum absolute atomic E-state index is 0.400. The zero-order valence-electron chi connectivity index (χ0n) is 12.0. The van der Waals surface area contributed by atoms with Gasteiger partial charge in [0.2, 0.25) is 5.91 Å². The second-order valence-electron chi connectivity index (χ2n) is 5.29. The zero-order chi connectivity index (χ0) is 14.8. The number of carbonyl (C=O) groups is 1. The quantitative estimate of drug-likeness (QED) is 0.906. The van der Waals surface area contributed by atoms with Crippen LogP contribution in [0, 0.1) is 6.92 Å². The van der Waals surface area contributed by atoms with Gasteiger partial charge in [0, 0.05) is 24.2 Å². The second kappa shape index (κ2) is 5.48. The Morgan fingerprint density at radius 2 is 2.14 bits per heavy atom. The number of hydrogen-bond acceptors (Lipinski definition) is 3. The first-order chi connectivity index (χ1) is 10.1. The van der Waals surface area contributed by atoms with Crippen molar-refractivity contribution in [1.82, 2.24) is 0 Å². The number of primary amides is 1. The summed E-state index contributed by atoms with van der Waals surface area (Å²) >= 11 is 0. The van der Waals surface area contributed by atoms with E-state index in [1.807, 2.05) is 19.1 Å². The first-order valence-corrected chi connectivity index (χ1v) is 7.02. The molecule has 3 N–H and O–H groups in total. The van der Waals surface area contributed by atoms with E-state index < -0.39 is 5.91 Å². The van der Waals surface area contributed by atoms with E-state index in [0.29, 0.717) is 5.56 Å². The van der Waals surface area contributed by atoms with Gasteiger partial charge < -0.3 is 15.8 Å². The number of anilines is 1. The highest BCUT2D eigenvalue weighted by atomic mass is 16.5. The Hall–Kier alpha value is -2.49. The van der Waals surface area contributed by atoms with Crippen molar-refractivity contribution < 1.29 is 9.53 Å². The Morgan fingerprint density at radius 1 is 1.29 bits per heavy atom. The van der Waals surface area contributed by atoms with Crippen molar-refractivity contribution in [3.63, 3.8) is 0 Å². The van der Waals surface area contributed by atoms with Crippen LogP contribution in [-0.4, -0.2) is 12.5 Å². The lowest BCUT2D eigenvalue weighted by Gasteiger charge is -2.11. The Labute approximate surface area is 123 Å². The molecule has 4 nitrogen and oxygen atoms in total. The minimum atomic E-state index is -0.400. The van der Waals surface area contributed by atoms with Crippen molar-refractivity contribution >= 4 is 11.6 Å². The number of fused-ring (bicyclic) bond motifs is 1. The smallest absolute Gasteiger partial charge is 0.248 e. The number of nitrogens with one attached hydrogen (secondary N) is 1. The van der Waals surface area contributed by atoms with E-state index in [1.54, 1.807) is 12.1 Å². The molecule has 0 aliphatic carbocycles. The molecule has 4 heteroatoms. The van der Waals surface area contributed by atoms with Crippen molar-refractivity contribution in [3.8, 4) is 5.75 Å². The van der Waals surface area contributed by atoms with Gasteiger partial charge in [-0.05, 0) is 47.9 Å². The third-order valence-electron chi connectivity index (χ3n) is 3.75. The van der Waals surface area contributed by atoms with Gasteiger partial charge in [0.25, 0.3) is 0 Å². The van der Waals surface area contributed by atoms with E-state index in [1.165, 1.54) is 11.1 Å². The van der Waals surface area contributed by atoms with Gasteiger partial charge in [-0.2, -0.15) is 0 Å². The summed E-state index contributed by atoms with van der Waals surface area (Å²) in [4.78, 5) is 11.1. The minimum Gasteiger partial charge on any atom is -0.493 e. The van der Waals surface area contributed by atoms with Crippen molar-refractivity contribution in [2.24, 2.45) is 5.73 Å². The summed E-state index contributed by atoms with van der Waals surface area (Å²) in [6, 6.07) is 11.7. The first-order valence-electron chi connectivity index (χ1n) is 7.02. The van der Waals surface area contributed by atoms with Crippen LogP contribution in [-0.2, 0) is 13.0 Å². The Morgan fingerprint density at radius 3 is 2.90 bits per heavy atom. The number of hydrogen-bond donors (Lipinski definition) is 2. The average molecular weight is 282 g/mol. The fourth-order valence-electron chi connectivity index (χ4n) is 2.56. The molecule has 0 saturated heterocycles. The lowest BCUT2D eigenvalue weighted by molar-refractivity contribution is 0.1000. The van der Waals surface area contributed by atoms with Crippen LogP contribution < -0.4 is 15.8 Å². The molecule has 0 unspecified atom stereocenters. The maximum Gasteiger partial charge on any atom is 0.248 e. The number of aryl methyl sites for hydroxylation is 1. The van der Waals surface area contributed by atoms with Gasteiger partial charge in [0.05, 0.1) is 6.61 Å². The van der Waals surface area contributed by atoms with E-state index >= 15 is 0 Å². The molecular weight excluding hydrogens is 264 g/mol. The van der Waals surface area contributed by atoms with Crippen LogP contribution in [0.1, 0.15) is 27.0 Å². The highest BCUT2D eigenvalue weighted by Gasteiger charge is 2.12. The summed E-state index contributed by atoms with van der Waals surface area (Å²) in [5.41, 5.74) is 10.3. The van der Waals surface area contributed by atoms with Gasteiger partial charge >= 0.3 is 0 Å². The Balaban J connectivity index is 1.71. The predicted octanol–water partition coefficient (Wildman–Crippen LogP) is 2.64. The Kier molecular flexibility index (Phi) is 3.52. The summed E-state index contributed by atoms with van der Waals surface area (Å²) in [5.74, 6) is 0.601. The number of rotatable bonds is 4. The molecule has 3 rings (SSSR count). The Bertz CT molecular complexity index is 695. The van der Waals surface area contributed by atoms with Gasteiger partial charge in [-0.1, -0.05) is 12.1 Å². The highest BCUT2D eigenvalue weighted by Crippen LogP contribution is 2.26. The molecule has 0 bridgehead atoms. The average Bonchev–Trinajstić information content (AvgIpc) is 2.93. The van der Waals surface area contributed by atoms with E-state index in [4.69, 9.17) is 10.5 Å². The molecule has 0 fully saturated rings. The standard InChI is InChI=1S/C17H18N2O2/c1-11-8-14(17(18)20)3-4-15(11)19-10-12-2-5-16-13(9-12)6-7-21-16/h2-5,8-9,19H,6-7,10H2,1H3,(H2,18,20). The monoisotopic (exact) mass is 282 g/mol. The highest BCUT2D eigenvalue weighted by molar-refractivity contribution is 5.93. The molecule has 2 aromatic rings. The van der Waals surface area contributed by atoms with E-state index in [2.05, 4.69) is 17.4 Å². The van der Waals surface area contributed by atoms with Gasteiger partial charge in [-0.25, -0.2) is 0 Å². The van der Waals surface area contributed by atoms with Gasteiger partial charge in [-0.15, -0.1) is 0 Å². The number of amides is 1. The van der Waals surface area contributed by atoms with Gasteiger partial charge in [0.1, 0.15) is 5.75 Å². The molecule has 21 heavy (non-hydrogen) atoms. The lowest BCUT2D eigenvalue weighted by Crippen LogP contribution is -2.11. The predicted molar refractivity (Wildman–Crippen MR) is 82.7 cm³/mol. The summed E-state index contributed by atoms with van der Waals surface area (Å²) < 4.78 is 5.51. The van der Waals surface area contributed by atoms with Crippen LogP contribution in [0.2, 0.25) is 0 Å². The zero-order valence-corrected chi connectivity index (χ0v) is 12.0. The van der Waals surface area contributed by atoms with Crippen molar-refractivity contribution in [1.29, 1.82) is 0 Å². The molecule has 108 valence electrons. The van der Waals surface area contributed by atoms with Crippen LogP contribution in [0.25, 0.3) is 0 Å². The van der Waals surface area contributed by atoms with E-state index in [9.17, 15) is 4.79 Å². The molecule has 2 aromatic carbocycles. The second-order valence-corrected chi connectivity index (χ2v) is 5.29. The van der Waals surface area contributed by atoms with Crippen molar-refractivity contribution in [2.45, 2.75) is 19.9 Å². The fraction of sp³-hybridized carbons (Fsp3) is 0.235. The number of benzene rings is 2. The lowest BCUT2D eigenvalue weighted by atomic mass is 10.1. The molecular formula is C17H18N2O2. The maximum atomic E-state index is 11.1. The summed E-state index contributed by atoms with van der Waals surface area (Å²) in [5, 5.41) is 3.39. The first kappa shape index (κ1) is 13.5. The summed E-state index contributed by atoms with van der Waals surface area (Å²) in [6.07, 6.45) is 0.982. The molecule has 0 saturated carbocycles. The topological polar surface area (TPSA) is 64.4 Å². The van der Waals surface area contributed by atoms with Crippen molar-refractivity contribution in [2.75, 3.05) is 11.9 Å². The fourth-order valence-corrected chi connectivity index (χ4v) is 2.56. The van der Waals surface area contributed by atoms with Crippen LogP contribution in [0.3, 0.4) is 0 Å². The molecule has 1 aliphatic rings. The van der Waals surface area contributed by atoms with Gasteiger partial charge in [-0.3, -0.25) is 4.79 Å². The number of nitrogens with two attached hydrogens (primary N) is 1. The molecule has 0 atom stereocenters. The number of carbonyl (C=O) groups excluding carboxylic acids is 1. The molecule has 1 aliphatic heterocycles. The van der Waals surface area contributed by atoms with E-state index in [-0.39, 0.29) is 0 Å². The molecule has 0 radical (unpaired) electrons. The molecule has 1 heterocycles. The van der Waals surface area contributed by atoms with Crippen LogP contribution >= 0.6 is 0 Å². The summed E-state index contributed by atoms with van der Waals surface area (Å²) in [7, 11) is 0. The molecule has 1 amide bonds. The van der Waals surface area contributed by atoms with Gasteiger partial charge in [0.15, 0.2) is 0 Å². The number of ether oxygens (including phenoxy) is 1. The molecule has 0 spiro atoms. The summed E-state index contributed by atoms with van der Waals surface area (Å²) in [6.45, 7) is 3.48. The SMILES string of the molecule is Cc1cc(C(N)=O)ccc1NCc1ccc2c(c1)CCO2. The van der Waals surface area contributed by atoms with E-state index in [0.717, 1.165) is 36.6 Å². The largest absolute Gasteiger partial charge is 0.493 e. The van der Waals surface area contributed by atoms with Crippen LogP contribution in [0.15, 0.2) is 36.4 Å². The normalized spacial score (nSPS) is 12.6. The maximum absolute atomic E-state index is 11.1. The van der Waals surface area contributed by atoms with Crippen molar-refractivity contribution in [3.05, 3.63) is 58.7 Å². The third kappa shape index (κ3) is 2.84. The van der Waals surface area contributed by atoms with Crippen LogP contribution in [0.5, 0.6) is 5.75 Å². The van der Waals surface area contributed by atoms with Crippen LogP contribution in [0.4, 0.5) is 5.69 Å².